The van der Waals surface area contributed by atoms with Crippen LogP contribution >= 0.6 is 0 Å². The highest BCUT2D eigenvalue weighted by Crippen LogP contribution is 2.34. The van der Waals surface area contributed by atoms with E-state index in [-0.39, 0.29) is 43.4 Å². The van der Waals surface area contributed by atoms with Gasteiger partial charge < -0.3 is 35.1 Å². The molecular formula is C16H26O9. The zero-order valence-electron chi connectivity index (χ0n) is 13.9. The van der Waals surface area contributed by atoms with Gasteiger partial charge in [-0.15, -0.1) is 0 Å². The minimum atomic E-state index is -1.28. The Balaban J connectivity index is 0.000000383. The Labute approximate surface area is 145 Å². The van der Waals surface area contributed by atoms with Gasteiger partial charge in [0.05, 0.1) is 26.4 Å². The maximum Gasteiger partial charge on any atom is 0.371 e. The summed E-state index contributed by atoms with van der Waals surface area (Å²) in [4.78, 5) is 20.3. The van der Waals surface area contributed by atoms with Gasteiger partial charge in [-0.25, -0.2) is 9.59 Å². The third-order valence-electron chi connectivity index (χ3n) is 3.71. The van der Waals surface area contributed by atoms with Crippen LogP contribution in [0, 0.1) is 5.41 Å². The summed E-state index contributed by atoms with van der Waals surface area (Å²) in [6.45, 7) is 0.0625. The lowest BCUT2D eigenvalue weighted by Crippen LogP contribution is -2.31. The largest absolute Gasteiger partial charge is 0.475 e. The van der Waals surface area contributed by atoms with Crippen LogP contribution in [-0.2, 0) is 0 Å². The van der Waals surface area contributed by atoms with Crippen LogP contribution in [0.3, 0.4) is 0 Å². The van der Waals surface area contributed by atoms with E-state index in [2.05, 4.69) is 4.42 Å². The molecule has 1 fully saturated rings. The van der Waals surface area contributed by atoms with Crippen LogP contribution in [0.1, 0.15) is 53.2 Å². The van der Waals surface area contributed by atoms with Crippen molar-refractivity contribution >= 4 is 11.9 Å². The number of carboxylic acid groups (broad SMARTS) is 2. The van der Waals surface area contributed by atoms with Gasteiger partial charge in [0, 0.05) is 5.41 Å². The Hall–Kier alpha value is -1.94. The molecule has 1 saturated carbocycles. The number of carboxylic acids is 2. The average Bonchev–Trinajstić information content (AvgIpc) is 3.14. The van der Waals surface area contributed by atoms with Crippen molar-refractivity contribution < 1.29 is 44.6 Å². The Bertz CT molecular complexity index is 467. The monoisotopic (exact) mass is 362 g/mol. The highest BCUT2D eigenvalue weighted by molar-refractivity contribution is 5.88. The molecule has 0 radical (unpaired) electrons. The molecule has 1 aromatic heterocycles. The molecule has 1 heterocycles. The molecule has 9 heteroatoms. The van der Waals surface area contributed by atoms with E-state index in [4.69, 9.17) is 30.6 Å². The summed E-state index contributed by atoms with van der Waals surface area (Å²) in [5.41, 5.74) is -0.127. The fourth-order valence-electron chi connectivity index (χ4n) is 2.24. The lowest BCUT2D eigenvalue weighted by Gasteiger charge is -2.33. The van der Waals surface area contributed by atoms with Crippen molar-refractivity contribution in [3.63, 3.8) is 0 Å². The number of furan rings is 1. The molecule has 0 amide bonds. The van der Waals surface area contributed by atoms with E-state index >= 15 is 0 Å². The topological polar surface area (TPSA) is 169 Å². The quantitative estimate of drug-likeness (QED) is 0.438. The first-order chi connectivity index (χ1) is 11.9. The van der Waals surface area contributed by atoms with E-state index in [9.17, 15) is 9.59 Å². The Morgan fingerprint density at radius 1 is 0.840 bits per heavy atom. The minimum Gasteiger partial charge on any atom is -0.475 e. The summed E-state index contributed by atoms with van der Waals surface area (Å²) in [5, 5.41) is 49.8. The molecule has 0 spiro atoms. The summed E-state index contributed by atoms with van der Waals surface area (Å²) in [6.07, 6.45) is 5.60. The van der Waals surface area contributed by atoms with Crippen LogP contribution in [0.5, 0.6) is 0 Å². The minimum absolute atomic E-state index is 0.125. The maximum absolute atomic E-state index is 10.2. The van der Waals surface area contributed by atoms with Crippen LogP contribution in [0.2, 0.25) is 0 Å². The predicted molar refractivity (Wildman–Crippen MR) is 86.5 cm³/mol. The molecule has 0 aromatic carbocycles. The maximum atomic E-state index is 10.2. The van der Waals surface area contributed by atoms with Gasteiger partial charge in [0.1, 0.15) is 0 Å². The van der Waals surface area contributed by atoms with Gasteiger partial charge in [-0.05, 0) is 25.0 Å². The summed E-state index contributed by atoms with van der Waals surface area (Å²) in [7, 11) is 0. The number of hydrogen-bond acceptors (Lipinski definition) is 7. The van der Waals surface area contributed by atoms with Crippen molar-refractivity contribution in [2.75, 3.05) is 26.4 Å². The van der Waals surface area contributed by atoms with E-state index in [1.165, 1.54) is 19.3 Å². The van der Waals surface area contributed by atoms with Gasteiger partial charge in [-0.2, -0.15) is 0 Å². The van der Waals surface area contributed by atoms with Crippen LogP contribution in [0.25, 0.3) is 0 Å². The summed E-state index contributed by atoms with van der Waals surface area (Å²) in [5.74, 6) is -3.31. The summed E-state index contributed by atoms with van der Waals surface area (Å²) in [6, 6.07) is 2.18. The van der Waals surface area contributed by atoms with Crippen LogP contribution in [0.4, 0.5) is 0 Å². The zero-order chi connectivity index (χ0) is 19.3. The Morgan fingerprint density at radius 2 is 1.24 bits per heavy atom. The van der Waals surface area contributed by atoms with Gasteiger partial charge in [-0.3, -0.25) is 0 Å². The van der Waals surface area contributed by atoms with Crippen molar-refractivity contribution in [3.05, 3.63) is 23.7 Å². The fraction of sp³-hybridized carbons (Fsp3) is 0.625. The second kappa shape index (κ2) is 12.4. The molecule has 1 aromatic rings. The molecule has 9 nitrogen and oxygen atoms in total. The molecule has 1 aliphatic rings. The number of hydrogen-bond donors (Lipinski definition) is 6. The lowest BCUT2D eigenvalue weighted by atomic mass is 9.75. The van der Waals surface area contributed by atoms with E-state index in [1.54, 1.807) is 0 Å². The van der Waals surface area contributed by atoms with Gasteiger partial charge in [-0.1, -0.05) is 19.3 Å². The smallest absolute Gasteiger partial charge is 0.371 e. The van der Waals surface area contributed by atoms with Crippen molar-refractivity contribution in [1.29, 1.82) is 0 Å². The lowest BCUT2D eigenvalue weighted by molar-refractivity contribution is 0.0234. The average molecular weight is 362 g/mol. The van der Waals surface area contributed by atoms with Crippen molar-refractivity contribution in [1.82, 2.24) is 0 Å². The highest BCUT2D eigenvalue weighted by Gasteiger charge is 2.30. The first-order valence-electron chi connectivity index (χ1n) is 7.85. The number of carbonyl (C=O) groups is 2. The van der Waals surface area contributed by atoms with E-state index in [1.807, 2.05) is 0 Å². The normalized spacial score (nSPS) is 15.2. The second-order valence-electron chi connectivity index (χ2n) is 5.60. The SMILES string of the molecule is O=C(O)c1ccc(C(=O)O)o1.OCC1(CO)CCCCC1.OCCO. The van der Waals surface area contributed by atoms with Crippen molar-refractivity contribution in [3.8, 4) is 0 Å². The highest BCUT2D eigenvalue weighted by atomic mass is 16.4. The summed E-state index contributed by atoms with van der Waals surface area (Å²) < 4.78 is 4.41. The van der Waals surface area contributed by atoms with Gasteiger partial charge in [0.25, 0.3) is 0 Å². The van der Waals surface area contributed by atoms with E-state index < -0.39 is 11.9 Å². The predicted octanol–water partition coefficient (Wildman–Crippen LogP) is 0.569. The number of rotatable bonds is 5. The first kappa shape index (κ1) is 23.1. The molecule has 2 rings (SSSR count). The van der Waals surface area contributed by atoms with Crippen LogP contribution < -0.4 is 0 Å². The first-order valence-corrected chi connectivity index (χ1v) is 7.85. The molecule has 25 heavy (non-hydrogen) atoms. The van der Waals surface area contributed by atoms with Crippen LogP contribution in [-0.4, -0.2) is 69.0 Å². The van der Waals surface area contributed by atoms with E-state index in [0.717, 1.165) is 25.0 Å². The molecule has 0 saturated heterocycles. The number of aromatic carboxylic acids is 2. The third kappa shape index (κ3) is 8.64. The Kier molecular flexibility index (Phi) is 11.5. The van der Waals surface area contributed by atoms with Crippen molar-refractivity contribution in [2.45, 2.75) is 32.1 Å². The number of aliphatic hydroxyl groups excluding tert-OH is 4. The summed E-state index contributed by atoms with van der Waals surface area (Å²) >= 11 is 0. The standard InChI is InChI=1S/C8H16O2.C6H4O5.C2H6O2/c9-6-8(7-10)4-2-1-3-5-8;7-5(8)3-1-2-4(11-3)6(9)10;3-1-2-4/h9-10H,1-7H2;1-2H,(H,7,8)(H,9,10);3-4H,1-2H2. The molecule has 0 aliphatic heterocycles. The molecule has 0 atom stereocenters. The van der Waals surface area contributed by atoms with Gasteiger partial charge in [0.15, 0.2) is 0 Å². The second-order valence-corrected chi connectivity index (χ2v) is 5.60. The van der Waals surface area contributed by atoms with Gasteiger partial charge in [0.2, 0.25) is 11.5 Å². The molecule has 6 N–H and O–H groups in total. The van der Waals surface area contributed by atoms with E-state index in [0.29, 0.717) is 0 Å². The molecule has 144 valence electrons. The molecule has 0 bridgehead atoms. The molecule has 0 unspecified atom stereocenters. The molecule has 1 aliphatic carbocycles. The van der Waals surface area contributed by atoms with Crippen molar-refractivity contribution in [2.24, 2.45) is 5.41 Å². The van der Waals surface area contributed by atoms with Gasteiger partial charge >= 0.3 is 11.9 Å². The zero-order valence-corrected chi connectivity index (χ0v) is 13.9. The molecular weight excluding hydrogens is 336 g/mol. The van der Waals surface area contributed by atoms with Crippen LogP contribution in [0.15, 0.2) is 16.5 Å². The Morgan fingerprint density at radius 3 is 1.44 bits per heavy atom. The number of aliphatic hydroxyl groups is 4. The fourth-order valence-corrected chi connectivity index (χ4v) is 2.24. The third-order valence-corrected chi connectivity index (χ3v) is 3.71.